The van der Waals surface area contributed by atoms with Crippen molar-refractivity contribution in [2.75, 3.05) is 0 Å². The van der Waals surface area contributed by atoms with Crippen LogP contribution in [0.2, 0.25) is 0 Å². The molecular formula is C40H82S. The van der Waals surface area contributed by atoms with Crippen LogP contribution in [0.25, 0.3) is 0 Å². The van der Waals surface area contributed by atoms with Crippen molar-refractivity contribution in [3.05, 3.63) is 0 Å². The van der Waals surface area contributed by atoms with E-state index in [-0.39, 0.29) is 0 Å². The molecule has 41 heavy (non-hydrogen) atoms. The van der Waals surface area contributed by atoms with Gasteiger partial charge in [0.1, 0.15) is 0 Å². The van der Waals surface area contributed by atoms with Crippen molar-refractivity contribution in [3.8, 4) is 0 Å². The second-order valence-electron chi connectivity index (χ2n) is 13.7. The first-order chi connectivity index (χ1) is 20.3. The highest BCUT2D eigenvalue weighted by atomic mass is 32.2. The zero-order valence-electron chi connectivity index (χ0n) is 29.6. The summed E-state index contributed by atoms with van der Waals surface area (Å²) in [4.78, 5) is 0. The van der Waals surface area contributed by atoms with E-state index < -0.39 is 0 Å². The molecule has 0 nitrogen and oxygen atoms in total. The second kappa shape index (κ2) is 36.5. The molecule has 0 rings (SSSR count). The summed E-state index contributed by atoms with van der Waals surface area (Å²) < 4.78 is 0. The maximum atomic E-state index is 2.43. The lowest BCUT2D eigenvalue weighted by molar-refractivity contribution is 0.525. The van der Waals surface area contributed by atoms with E-state index in [2.05, 4.69) is 39.5 Å². The fraction of sp³-hybridized carbons (Fsp3) is 1.00. The molecule has 1 heteroatoms. The van der Waals surface area contributed by atoms with Gasteiger partial charge in [-0.3, -0.25) is 0 Å². The van der Waals surface area contributed by atoms with Crippen LogP contribution < -0.4 is 0 Å². The van der Waals surface area contributed by atoms with Gasteiger partial charge in [0.2, 0.25) is 0 Å². The molecule has 2 atom stereocenters. The van der Waals surface area contributed by atoms with Gasteiger partial charge >= 0.3 is 0 Å². The molecule has 0 unspecified atom stereocenters. The molecular weight excluding hydrogens is 513 g/mol. The molecule has 0 aliphatic heterocycles. The molecule has 0 fully saturated rings. The highest BCUT2D eigenvalue weighted by Crippen LogP contribution is 2.30. The summed E-state index contributed by atoms with van der Waals surface area (Å²) in [6.07, 6.45) is 49.8. The Bertz CT molecular complexity index is 406. The monoisotopic (exact) mass is 595 g/mol. The van der Waals surface area contributed by atoms with Crippen molar-refractivity contribution in [3.63, 3.8) is 0 Å². The summed E-state index contributed by atoms with van der Waals surface area (Å²) in [6, 6.07) is 0. The third-order valence-electron chi connectivity index (χ3n) is 9.55. The number of thioether (sulfide) groups is 1. The van der Waals surface area contributed by atoms with Gasteiger partial charge in [-0.1, -0.05) is 220 Å². The van der Waals surface area contributed by atoms with Crippen LogP contribution in [0.5, 0.6) is 0 Å². The fourth-order valence-corrected chi connectivity index (χ4v) is 8.03. The largest absolute Gasteiger partial charge is 0.155 e. The van der Waals surface area contributed by atoms with Gasteiger partial charge in [-0.25, -0.2) is 0 Å². The summed E-state index contributed by atoms with van der Waals surface area (Å²) in [7, 11) is 0. The molecule has 0 saturated carbocycles. The molecule has 0 aliphatic rings. The molecule has 0 bridgehead atoms. The van der Waals surface area contributed by atoms with E-state index in [0.717, 1.165) is 10.5 Å². The van der Waals surface area contributed by atoms with E-state index in [1.165, 1.54) is 218 Å². The zero-order valence-corrected chi connectivity index (χ0v) is 30.4. The Morgan fingerprint density at radius 3 is 0.659 bits per heavy atom. The van der Waals surface area contributed by atoms with E-state index in [1.807, 2.05) is 0 Å². The van der Waals surface area contributed by atoms with Crippen LogP contribution in [0.4, 0.5) is 0 Å². The first kappa shape index (κ1) is 41.4. The van der Waals surface area contributed by atoms with Crippen LogP contribution in [0.1, 0.15) is 246 Å². The topological polar surface area (TPSA) is 0 Å². The molecule has 0 aromatic heterocycles. The van der Waals surface area contributed by atoms with Crippen molar-refractivity contribution >= 4 is 11.8 Å². The Labute approximate surface area is 267 Å². The van der Waals surface area contributed by atoms with Gasteiger partial charge in [0.05, 0.1) is 0 Å². The summed E-state index contributed by atoms with van der Waals surface area (Å²) in [5.41, 5.74) is 0. The summed E-state index contributed by atoms with van der Waals surface area (Å²) >= 11 is 2.36. The molecule has 0 N–H and O–H groups in total. The summed E-state index contributed by atoms with van der Waals surface area (Å²) in [5.74, 6) is 0. The van der Waals surface area contributed by atoms with E-state index in [1.54, 1.807) is 0 Å². The summed E-state index contributed by atoms with van der Waals surface area (Å²) in [6.45, 7) is 9.49. The van der Waals surface area contributed by atoms with Crippen LogP contribution in [-0.2, 0) is 0 Å². The predicted molar refractivity (Wildman–Crippen MR) is 195 cm³/mol. The first-order valence-corrected chi connectivity index (χ1v) is 20.9. The van der Waals surface area contributed by atoms with Gasteiger partial charge in [-0.2, -0.15) is 11.8 Å². The van der Waals surface area contributed by atoms with Gasteiger partial charge in [0, 0.05) is 10.5 Å². The van der Waals surface area contributed by atoms with E-state index in [0.29, 0.717) is 0 Å². The van der Waals surface area contributed by atoms with Gasteiger partial charge in [-0.05, 0) is 25.7 Å². The Morgan fingerprint density at radius 2 is 0.463 bits per heavy atom. The highest BCUT2D eigenvalue weighted by Gasteiger charge is 2.14. The summed E-state index contributed by atoms with van der Waals surface area (Å²) in [5, 5.41) is 1.83. The van der Waals surface area contributed by atoms with Gasteiger partial charge in [-0.15, -0.1) is 0 Å². The fourth-order valence-electron chi connectivity index (χ4n) is 6.50. The molecule has 0 aliphatic carbocycles. The average Bonchev–Trinajstić information content (AvgIpc) is 2.99. The van der Waals surface area contributed by atoms with Crippen LogP contribution in [0.3, 0.4) is 0 Å². The lowest BCUT2D eigenvalue weighted by Gasteiger charge is -2.21. The molecule has 0 radical (unpaired) electrons. The minimum Gasteiger partial charge on any atom is -0.155 e. The highest BCUT2D eigenvalue weighted by molar-refractivity contribution is 8.00. The minimum atomic E-state index is 0.915. The molecule has 0 saturated heterocycles. The lowest BCUT2D eigenvalue weighted by Crippen LogP contribution is -2.10. The Balaban J connectivity index is 3.50. The number of hydrogen-bond acceptors (Lipinski definition) is 1. The van der Waals surface area contributed by atoms with E-state index in [4.69, 9.17) is 0 Å². The van der Waals surface area contributed by atoms with Crippen LogP contribution >= 0.6 is 11.8 Å². The molecule has 0 aromatic rings. The Morgan fingerprint density at radius 1 is 0.268 bits per heavy atom. The van der Waals surface area contributed by atoms with Crippen molar-refractivity contribution in [2.45, 2.75) is 257 Å². The standard InChI is InChI=1S/C40H82S/c1-5-9-11-13-15-17-19-21-23-25-27-29-31-33-35-37-39(7-3)41-40(8-4)38-36-34-32-30-28-26-24-22-20-18-16-14-12-10-6-2/h39-40H,5-38H2,1-4H3/t39-,40-/m0/s1. The third kappa shape index (κ3) is 33.1. The molecule has 0 spiro atoms. The lowest BCUT2D eigenvalue weighted by atomic mass is 10.0. The Kier molecular flexibility index (Phi) is 36.9. The number of rotatable bonds is 36. The average molecular weight is 595 g/mol. The first-order valence-electron chi connectivity index (χ1n) is 19.9. The number of unbranched alkanes of at least 4 members (excludes halogenated alkanes) is 28. The van der Waals surface area contributed by atoms with E-state index >= 15 is 0 Å². The van der Waals surface area contributed by atoms with Crippen molar-refractivity contribution in [1.29, 1.82) is 0 Å². The zero-order chi connectivity index (χ0) is 29.9. The Hall–Kier alpha value is 0.350. The molecule has 248 valence electrons. The minimum absolute atomic E-state index is 0.915. The maximum Gasteiger partial charge on any atom is 0.00472 e. The van der Waals surface area contributed by atoms with Crippen molar-refractivity contribution in [1.82, 2.24) is 0 Å². The van der Waals surface area contributed by atoms with Gasteiger partial charge < -0.3 is 0 Å². The second-order valence-corrected chi connectivity index (χ2v) is 15.3. The van der Waals surface area contributed by atoms with Crippen LogP contribution in [0.15, 0.2) is 0 Å². The normalized spacial score (nSPS) is 13.2. The smallest absolute Gasteiger partial charge is 0.00472 e. The van der Waals surface area contributed by atoms with Gasteiger partial charge in [0.15, 0.2) is 0 Å². The van der Waals surface area contributed by atoms with Crippen molar-refractivity contribution < 1.29 is 0 Å². The predicted octanol–water partition coefficient (Wildman–Crippen LogP) is 15.8. The van der Waals surface area contributed by atoms with Crippen LogP contribution in [-0.4, -0.2) is 10.5 Å². The SMILES string of the molecule is CCCCCCCCCCCCCCCCC[C@H](CC)S[C@@H](CC)CCCCCCCCCCCCCCCCC. The third-order valence-corrected chi connectivity index (χ3v) is 11.5. The van der Waals surface area contributed by atoms with Crippen molar-refractivity contribution in [2.24, 2.45) is 0 Å². The quantitative estimate of drug-likeness (QED) is 0.0650. The van der Waals surface area contributed by atoms with Gasteiger partial charge in [0.25, 0.3) is 0 Å². The van der Waals surface area contributed by atoms with Crippen LogP contribution in [0, 0.1) is 0 Å². The maximum absolute atomic E-state index is 2.43. The molecule has 0 heterocycles. The number of hydrogen-bond donors (Lipinski definition) is 0. The molecule has 0 amide bonds. The van der Waals surface area contributed by atoms with E-state index in [9.17, 15) is 0 Å². The molecule has 0 aromatic carbocycles.